The molecule has 10 heteroatoms. The van der Waals surface area contributed by atoms with Crippen molar-refractivity contribution in [3.63, 3.8) is 0 Å². The number of sulfonamides is 1. The fourth-order valence-electron chi connectivity index (χ4n) is 3.79. The molecule has 2 amide bonds. The van der Waals surface area contributed by atoms with E-state index in [0.29, 0.717) is 36.2 Å². The van der Waals surface area contributed by atoms with E-state index in [2.05, 4.69) is 10.6 Å². The summed E-state index contributed by atoms with van der Waals surface area (Å²) in [5.74, 6) is -1.51. The van der Waals surface area contributed by atoms with Crippen molar-refractivity contribution < 1.29 is 18.0 Å². The highest BCUT2D eigenvalue weighted by molar-refractivity contribution is 7.88. The van der Waals surface area contributed by atoms with Gasteiger partial charge in [-0.15, -0.1) is 0 Å². The fourth-order valence-corrected chi connectivity index (χ4v) is 6.15. The maximum absolute atomic E-state index is 13.1. The number of rotatable bonds is 6. The summed E-state index contributed by atoms with van der Waals surface area (Å²) in [5.41, 5.74) is 0.643. The third-order valence-electron chi connectivity index (χ3n) is 5.45. The molecule has 1 aliphatic rings. The summed E-state index contributed by atoms with van der Waals surface area (Å²) in [6.45, 7) is 5.99. The van der Waals surface area contributed by atoms with Crippen molar-refractivity contribution in [2.75, 3.05) is 18.4 Å². The first-order valence-electron chi connectivity index (χ1n) is 11.0. The van der Waals surface area contributed by atoms with Crippen LogP contribution < -0.4 is 10.6 Å². The normalized spacial score (nSPS) is 17.3. The zero-order chi connectivity index (χ0) is 25.1. The Balaban J connectivity index is 1.73. The van der Waals surface area contributed by atoms with Crippen LogP contribution in [0.2, 0.25) is 10.0 Å². The second-order valence-electron chi connectivity index (χ2n) is 9.39. The molecule has 184 valence electrons. The minimum atomic E-state index is -3.74. The molecular weight excluding hydrogens is 497 g/mol. The first-order chi connectivity index (χ1) is 15.9. The molecule has 1 aliphatic heterocycles. The Bertz CT molecular complexity index is 1160. The topological polar surface area (TPSA) is 95.6 Å². The van der Waals surface area contributed by atoms with Gasteiger partial charge < -0.3 is 10.6 Å². The van der Waals surface area contributed by atoms with Crippen LogP contribution in [0, 0.1) is 5.92 Å². The van der Waals surface area contributed by atoms with Gasteiger partial charge in [0.25, 0.3) is 5.91 Å². The van der Waals surface area contributed by atoms with E-state index in [1.807, 2.05) is 20.8 Å². The van der Waals surface area contributed by atoms with Gasteiger partial charge in [-0.2, -0.15) is 0 Å². The van der Waals surface area contributed by atoms with Gasteiger partial charge in [0.1, 0.15) is 0 Å². The van der Waals surface area contributed by atoms with Gasteiger partial charge in [-0.3, -0.25) is 9.59 Å². The van der Waals surface area contributed by atoms with Crippen LogP contribution in [0.4, 0.5) is 5.69 Å². The minimum absolute atomic E-state index is 0.0482. The van der Waals surface area contributed by atoms with Crippen LogP contribution in [-0.2, 0) is 20.6 Å². The van der Waals surface area contributed by atoms with E-state index in [1.54, 1.807) is 42.5 Å². The summed E-state index contributed by atoms with van der Waals surface area (Å²) in [6.07, 6.45) is 1.08. The number of hydrogen-bond donors (Lipinski definition) is 2. The summed E-state index contributed by atoms with van der Waals surface area (Å²) >= 11 is 12.3. The van der Waals surface area contributed by atoms with Crippen LogP contribution in [0.1, 0.15) is 49.5 Å². The van der Waals surface area contributed by atoms with Crippen molar-refractivity contribution in [1.82, 2.24) is 9.62 Å². The van der Waals surface area contributed by atoms with E-state index in [-0.39, 0.29) is 34.2 Å². The van der Waals surface area contributed by atoms with Crippen molar-refractivity contribution in [2.24, 2.45) is 5.92 Å². The molecule has 1 heterocycles. The first-order valence-corrected chi connectivity index (χ1v) is 13.4. The molecule has 1 unspecified atom stereocenters. The van der Waals surface area contributed by atoms with Gasteiger partial charge in [-0.25, -0.2) is 12.7 Å². The lowest BCUT2D eigenvalue weighted by atomic mass is 9.98. The summed E-state index contributed by atoms with van der Waals surface area (Å²) < 4.78 is 27.5. The summed E-state index contributed by atoms with van der Waals surface area (Å²) in [5, 5.41) is 6.28. The van der Waals surface area contributed by atoms with E-state index in [1.165, 1.54) is 4.31 Å². The molecule has 0 saturated carbocycles. The average molecular weight is 526 g/mol. The molecule has 1 atom stereocenters. The SMILES string of the molecule is CC(C)(C)NC(=O)c1ccccc1NC(=O)C1CCCN(S(=O)(=O)Cc2c(Cl)cccc2Cl)C1. The van der Waals surface area contributed by atoms with Crippen LogP contribution >= 0.6 is 23.2 Å². The number of carbonyl (C=O) groups excluding carboxylic acids is 2. The molecule has 34 heavy (non-hydrogen) atoms. The number of hydrogen-bond acceptors (Lipinski definition) is 4. The maximum atomic E-state index is 13.1. The number of piperidine rings is 1. The fraction of sp³-hybridized carbons (Fsp3) is 0.417. The van der Waals surface area contributed by atoms with Gasteiger partial charge >= 0.3 is 0 Å². The van der Waals surface area contributed by atoms with Crippen molar-refractivity contribution in [3.05, 3.63) is 63.6 Å². The van der Waals surface area contributed by atoms with Crippen molar-refractivity contribution >= 4 is 50.7 Å². The highest BCUT2D eigenvalue weighted by atomic mass is 35.5. The molecule has 1 saturated heterocycles. The lowest BCUT2D eigenvalue weighted by molar-refractivity contribution is -0.120. The molecule has 2 aromatic carbocycles. The molecule has 3 rings (SSSR count). The lowest BCUT2D eigenvalue weighted by Gasteiger charge is -2.31. The monoisotopic (exact) mass is 525 g/mol. The van der Waals surface area contributed by atoms with E-state index in [9.17, 15) is 18.0 Å². The molecule has 7 nitrogen and oxygen atoms in total. The molecule has 0 spiro atoms. The number of nitrogens with one attached hydrogen (secondary N) is 2. The van der Waals surface area contributed by atoms with Gasteiger partial charge in [-0.05, 0) is 57.9 Å². The number of amides is 2. The number of nitrogens with zero attached hydrogens (tertiary/aromatic N) is 1. The molecule has 1 fully saturated rings. The Morgan fingerprint density at radius 3 is 2.35 bits per heavy atom. The van der Waals surface area contributed by atoms with Gasteiger partial charge in [0.2, 0.25) is 15.9 Å². The molecule has 2 aromatic rings. The van der Waals surface area contributed by atoms with Crippen molar-refractivity contribution in [3.8, 4) is 0 Å². The van der Waals surface area contributed by atoms with Crippen LogP contribution in [-0.4, -0.2) is 43.2 Å². The Kier molecular flexibility index (Phi) is 8.29. The third-order valence-corrected chi connectivity index (χ3v) is 7.93. The first kappa shape index (κ1) is 26.5. The van der Waals surface area contributed by atoms with E-state index in [4.69, 9.17) is 23.2 Å². The average Bonchev–Trinajstić information content (AvgIpc) is 2.75. The lowest BCUT2D eigenvalue weighted by Crippen LogP contribution is -2.44. The zero-order valence-electron chi connectivity index (χ0n) is 19.4. The van der Waals surface area contributed by atoms with Crippen LogP contribution in [0.15, 0.2) is 42.5 Å². The largest absolute Gasteiger partial charge is 0.347 e. The Hall–Kier alpha value is -2.13. The summed E-state index contributed by atoms with van der Waals surface area (Å²) in [7, 11) is -3.74. The van der Waals surface area contributed by atoms with Gasteiger partial charge in [0, 0.05) is 34.2 Å². The highest BCUT2D eigenvalue weighted by Crippen LogP contribution is 2.29. The Morgan fingerprint density at radius 1 is 1.06 bits per heavy atom. The van der Waals surface area contributed by atoms with Crippen molar-refractivity contribution in [2.45, 2.75) is 44.9 Å². The number of para-hydroxylation sites is 1. The molecule has 2 N–H and O–H groups in total. The maximum Gasteiger partial charge on any atom is 0.253 e. The predicted octanol–water partition coefficient (Wildman–Crippen LogP) is 4.70. The van der Waals surface area contributed by atoms with E-state index in [0.717, 1.165) is 0 Å². The highest BCUT2D eigenvalue weighted by Gasteiger charge is 2.33. The third kappa shape index (κ3) is 6.72. The Morgan fingerprint density at radius 2 is 1.71 bits per heavy atom. The number of benzene rings is 2. The van der Waals surface area contributed by atoms with Gasteiger partial charge in [-0.1, -0.05) is 41.4 Å². The molecule has 0 radical (unpaired) electrons. The quantitative estimate of drug-likeness (QED) is 0.571. The van der Waals surface area contributed by atoms with Crippen LogP contribution in [0.25, 0.3) is 0 Å². The Labute approximate surface area is 210 Å². The van der Waals surface area contributed by atoms with E-state index >= 15 is 0 Å². The van der Waals surface area contributed by atoms with Crippen LogP contribution in [0.3, 0.4) is 0 Å². The standard InChI is InChI=1S/C24H29Cl2N3O4S/c1-24(2,3)28-23(31)17-9-4-5-12-21(17)27-22(30)16-8-7-13-29(14-16)34(32,33)15-18-19(25)10-6-11-20(18)26/h4-6,9-12,16H,7-8,13-15H2,1-3H3,(H,27,30)(H,28,31). The predicted molar refractivity (Wildman–Crippen MR) is 136 cm³/mol. The van der Waals surface area contributed by atoms with Gasteiger partial charge in [0.15, 0.2) is 0 Å². The second kappa shape index (κ2) is 10.6. The summed E-state index contributed by atoms with van der Waals surface area (Å²) in [6, 6.07) is 11.6. The number of halogens is 2. The molecule has 0 aliphatic carbocycles. The van der Waals surface area contributed by atoms with Crippen LogP contribution in [0.5, 0.6) is 0 Å². The zero-order valence-corrected chi connectivity index (χ0v) is 21.7. The second-order valence-corrected chi connectivity index (χ2v) is 12.2. The number of carbonyl (C=O) groups is 2. The minimum Gasteiger partial charge on any atom is -0.347 e. The number of anilines is 1. The molecule has 0 bridgehead atoms. The van der Waals surface area contributed by atoms with E-state index < -0.39 is 21.5 Å². The molecular formula is C24H29Cl2N3O4S. The van der Waals surface area contributed by atoms with Crippen molar-refractivity contribution in [1.29, 1.82) is 0 Å². The van der Waals surface area contributed by atoms with Gasteiger partial charge in [0.05, 0.1) is 22.9 Å². The summed E-state index contributed by atoms with van der Waals surface area (Å²) in [4.78, 5) is 25.7. The molecule has 0 aromatic heterocycles. The smallest absolute Gasteiger partial charge is 0.253 e.